The van der Waals surface area contributed by atoms with Gasteiger partial charge in [-0.25, -0.2) is 9.37 Å². The molecule has 0 radical (unpaired) electrons. The van der Waals surface area contributed by atoms with Gasteiger partial charge < -0.3 is 5.32 Å². The van der Waals surface area contributed by atoms with E-state index in [4.69, 9.17) is 11.6 Å². The van der Waals surface area contributed by atoms with Gasteiger partial charge in [0, 0.05) is 11.9 Å². The second kappa shape index (κ2) is 4.66. The molecular formula is C12H12ClFN2. The van der Waals surface area contributed by atoms with Gasteiger partial charge in [-0.1, -0.05) is 18.5 Å². The molecule has 1 N–H and O–H groups in total. The third-order valence-electron chi connectivity index (χ3n) is 2.31. The molecule has 84 valence electrons. The number of aromatic nitrogens is 1. The SMILES string of the molecule is CCCNc1ccc2c(Cl)ccc(F)c2n1. The summed E-state index contributed by atoms with van der Waals surface area (Å²) in [6, 6.07) is 6.47. The number of anilines is 1. The molecule has 2 nitrogen and oxygen atoms in total. The number of benzene rings is 1. The fourth-order valence-corrected chi connectivity index (χ4v) is 1.72. The van der Waals surface area contributed by atoms with Crippen LogP contribution in [-0.4, -0.2) is 11.5 Å². The molecular weight excluding hydrogens is 227 g/mol. The van der Waals surface area contributed by atoms with E-state index in [1.807, 2.05) is 6.07 Å². The number of nitrogens with one attached hydrogen (secondary N) is 1. The molecule has 2 rings (SSSR count). The number of hydrogen-bond donors (Lipinski definition) is 1. The molecule has 4 heteroatoms. The van der Waals surface area contributed by atoms with Crippen LogP contribution in [0.5, 0.6) is 0 Å². The predicted octanol–water partition coefficient (Wildman–Crippen LogP) is 3.85. The van der Waals surface area contributed by atoms with E-state index in [9.17, 15) is 4.39 Å². The summed E-state index contributed by atoms with van der Waals surface area (Å²) in [5, 5.41) is 4.27. The van der Waals surface area contributed by atoms with Gasteiger partial charge in [0.05, 0.1) is 5.02 Å². The topological polar surface area (TPSA) is 24.9 Å². The number of pyridine rings is 1. The van der Waals surface area contributed by atoms with Crippen LogP contribution < -0.4 is 5.32 Å². The van der Waals surface area contributed by atoms with Crippen molar-refractivity contribution in [1.82, 2.24) is 4.98 Å². The molecule has 0 bridgehead atoms. The fraction of sp³-hybridized carbons (Fsp3) is 0.250. The van der Waals surface area contributed by atoms with Crippen molar-refractivity contribution in [2.45, 2.75) is 13.3 Å². The highest BCUT2D eigenvalue weighted by Crippen LogP contribution is 2.25. The second-order valence-electron chi connectivity index (χ2n) is 3.55. The predicted molar refractivity (Wildman–Crippen MR) is 65.5 cm³/mol. The number of rotatable bonds is 3. The van der Waals surface area contributed by atoms with Crippen molar-refractivity contribution in [3.63, 3.8) is 0 Å². The summed E-state index contributed by atoms with van der Waals surface area (Å²) in [6.45, 7) is 2.88. The van der Waals surface area contributed by atoms with Crippen molar-refractivity contribution in [2.75, 3.05) is 11.9 Å². The van der Waals surface area contributed by atoms with E-state index < -0.39 is 0 Å². The van der Waals surface area contributed by atoms with Crippen LogP contribution in [0.4, 0.5) is 10.2 Å². The molecule has 0 aliphatic rings. The van der Waals surface area contributed by atoms with Gasteiger partial charge in [-0.05, 0) is 30.7 Å². The minimum absolute atomic E-state index is 0.314. The van der Waals surface area contributed by atoms with Crippen molar-refractivity contribution in [2.24, 2.45) is 0 Å². The number of hydrogen-bond acceptors (Lipinski definition) is 2. The zero-order chi connectivity index (χ0) is 11.5. The summed E-state index contributed by atoms with van der Waals surface area (Å²) in [5.74, 6) is 0.329. The van der Waals surface area contributed by atoms with Crippen molar-refractivity contribution < 1.29 is 4.39 Å². The molecule has 0 saturated carbocycles. The van der Waals surface area contributed by atoms with E-state index >= 15 is 0 Å². The van der Waals surface area contributed by atoms with E-state index in [0.717, 1.165) is 13.0 Å². The van der Waals surface area contributed by atoms with Gasteiger partial charge in [-0.15, -0.1) is 0 Å². The highest BCUT2D eigenvalue weighted by atomic mass is 35.5. The molecule has 0 aliphatic heterocycles. The molecule has 2 aromatic rings. The Kier molecular flexibility index (Phi) is 3.25. The molecule has 0 aliphatic carbocycles. The Labute approximate surface area is 98.4 Å². The second-order valence-corrected chi connectivity index (χ2v) is 3.96. The average molecular weight is 239 g/mol. The number of nitrogens with zero attached hydrogens (tertiary/aromatic N) is 1. The molecule has 1 aromatic heterocycles. The van der Waals surface area contributed by atoms with Gasteiger partial charge in [0.2, 0.25) is 0 Å². The molecule has 0 unspecified atom stereocenters. The van der Waals surface area contributed by atoms with Crippen LogP contribution in [0.15, 0.2) is 24.3 Å². The summed E-state index contributed by atoms with van der Waals surface area (Å²) in [4.78, 5) is 4.20. The monoisotopic (exact) mass is 238 g/mol. The molecule has 0 fully saturated rings. The largest absolute Gasteiger partial charge is 0.370 e. The zero-order valence-corrected chi connectivity index (χ0v) is 9.68. The van der Waals surface area contributed by atoms with Gasteiger partial charge in [0.1, 0.15) is 17.2 Å². The lowest BCUT2D eigenvalue weighted by Gasteiger charge is -2.06. The normalized spacial score (nSPS) is 10.7. The van der Waals surface area contributed by atoms with Crippen LogP contribution in [0.1, 0.15) is 13.3 Å². The van der Waals surface area contributed by atoms with E-state index in [2.05, 4.69) is 17.2 Å². The highest BCUT2D eigenvalue weighted by molar-refractivity contribution is 6.35. The molecule has 1 heterocycles. The van der Waals surface area contributed by atoms with E-state index in [1.165, 1.54) is 6.07 Å². The number of halogens is 2. The highest BCUT2D eigenvalue weighted by Gasteiger charge is 2.06. The minimum atomic E-state index is -0.348. The zero-order valence-electron chi connectivity index (χ0n) is 8.93. The first-order valence-corrected chi connectivity index (χ1v) is 5.59. The smallest absolute Gasteiger partial charge is 0.149 e. The Balaban J connectivity index is 2.48. The maximum Gasteiger partial charge on any atom is 0.149 e. The van der Waals surface area contributed by atoms with Gasteiger partial charge in [-0.2, -0.15) is 0 Å². The average Bonchev–Trinajstić information content (AvgIpc) is 2.31. The van der Waals surface area contributed by atoms with E-state index in [1.54, 1.807) is 12.1 Å². The van der Waals surface area contributed by atoms with Gasteiger partial charge in [0.15, 0.2) is 0 Å². The molecule has 0 atom stereocenters. The minimum Gasteiger partial charge on any atom is -0.370 e. The summed E-state index contributed by atoms with van der Waals surface area (Å²) >= 11 is 5.96. The first kappa shape index (κ1) is 11.1. The third-order valence-corrected chi connectivity index (χ3v) is 2.64. The van der Waals surface area contributed by atoms with E-state index in [0.29, 0.717) is 21.7 Å². The van der Waals surface area contributed by atoms with Crippen molar-refractivity contribution in [3.05, 3.63) is 35.1 Å². The quantitative estimate of drug-likeness (QED) is 0.879. The summed E-state index contributed by atoms with van der Waals surface area (Å²) in [5.41, 5.74) is 0.314. The maximum absolute atomic E-state index is 13.5. The van der Waals surface area contributed by atoms with Crippen LogP contribution in [0.25, 0.3) is 10.9 Å². The van der Waals surface area contributed by atoms with Gasteiger partial charge in [-0.3, -0.25) is 0 Å². The number of fused-ring (bicyclic) bond motifs is 1. The molecule has 1 aromatic carbocycles. The Morgan fingerprint density at radius 2 is 2.12 bits per heavy atom. The molecule has 0 amide bonds. The van der Waals surface area contributed by atoms with E-state index in [-0.39, 0.29) is 5.82 Å². The summed E-state index contributed by atoms with van der Waals surface area (Å²) in [6.07, 6.45) is 0.998. The lowest BCUT2D eigenvalue weighted by molar-refractivity contribution is 0.637. The van der Waals surface area contributed by atoms with Crippen LogP contribution in [0.2, 0.25) is 5.02 Å². The third kappa shape index (κ3) is 2.09. The Bertz CT molecular complexity index is 514. The first-order chi connectivity index (χ1) is 7.72. The Morgan fingerprint density at radius 1 is 1.31 bits per heavy atom. The first-order valence-electron chi connectivity index (χ1n) is 5.21. The van der Waals surface area contributed by atoms with Crippen molar-refractivity contribution in [3.8, 4) is 0 Å². The lowest BCUT2D eigenvalue weighted by atomic mass is 10.2. The fourth-order valence-electron chi connectivity index (χ4n) is 1.50. The standard InChI is InChI=1S/C12H12ClFN2/c1-2-7-15-11-6-3-8-9(13)4-5-10(14)12(8)16-11/h3-6H,2,7H2,1H3,(H,15,16). The molecule has 16 heavy (non-hydrogen) atoms. The van der Waals surface area contributed by atoms with Gasteiger partial charge >= 0.3 is 0 Å². The van der Waals surface area contributed by atoms with Crippen LogP contribution in [0, 0.1) is 5.82 Å². The Morgan fingerprint density at radius 3 is 2.88 bits per heavy atom. The van der Waals surface area contributed by atoms with Crippen LogP contribution in [0.3, 0.4) is 0 Å². The molecule has 0 spiro atoms. The maximum atomic E-state index is 13.5. The van der Waals surface area contributed by atoms with Crippen molar-refractivity contribution >= 4 is 28.3 Å². The Hall–Kier alpha value is -1.35. The lowest BCUT2D eigenvalue weighted by Crippen LogP contribution is -2.02. The summed E-state index contributed by atoms with van der Waals surface area (Å²) < 4.78 is 13.5. The van der Waals surface area contributed by atoms with Gasteiger partial charge in [0.25, 0.3) is 0 Å². The van der Waals surface area contributed by atoms with Crippen molar-refractivity contribution in [1.29, 1.82) is 0 Å². The summed E-state index contributed by atoms with van der Waals surface area (Å²) in [7, 11) is 0. The van der Waals surface area contributed by atoms with Crippen LogP contribution in [-0.2, 0) is 0 Å². The van der Waals surface area contributed by atoms with Crippen LogP contribution >= 0.6 is 11.6 Å². The molecule has 0 saturated heterocycles.